The van der Waals surface area contributed by atoms with Crippen LogP contribution in [0.3, 0.4) is 0 Å². The van der Waals surface area contributed by atoms with Gasteiger partial charge in [0.05, 0.1) is 23.6 Å². The quantitative estimate of drug-likeness (QED) is 0.766. The van der Waals surface area contributed by atoms with Gasteiger partial charge >= 0.3 is 5.97 Å². The summed E-state index contributed by atoms with van der Waals surface area (Å²) < 4.78 is 18.8. The van der Waals surface area contributed by atoms with Gasteiger partial charge in [-0.2, -0.15) is 0 Å². The summed E-state index contributed by atoms with van der Waals surface area (Å²) in [5.74, 6) is -0.684. The molecule has 0 radical (unpaired) electrons. The Morgan fingerprint density at radius 2 is 2.05 bits per heavy atom. The molecule has 0 atom stereocenters. The van der Waals surface area contributed by atoms with Gasteiger partial charge in [0.25, 0.3) is 0 Å². The largest absolute Gasteiger partial charge is 0.462 e. The second-order valence-electron chi connectivity index (χ2n) is 4.39. The first kappa shape index (κ1) is 15.6. The van der Waals surface area contributed by atoms with Crippen LogP contribution in [0.15, 0.2) is 34.8 Å². The van der Waals surface area contributed by atoms with E-state index in [1.54, 1.807) is 25.1 Å². The van der Waals surface area contributed by atoms with Crippen LogP contribution in [0.5, 0.6) is 0 Å². The molecule has 110 valence electrons. The van der Waals surface area contributed by atoms with Gasteiger partial charge in [-0.05, 0) is 59.6 Å². The number of carbonyl (C=O) groups is 1. The molecule has 2 aromatic rings. The summed E-state index contributed by atoms with van der Waals surface area (Å²) in [5, 5.41) is 0. The van der Waals surface area contributed by atoms with E-state index in [2.05, 4.69) is 20.9 Å². The number of carbonyl (C=O) groups excluding carboxylic acids is 1. The number of esters is 1. The molecule has 0 bridgehead atoms. The highest BCUT2D eigenvalue weighted by atomic mass is 79.9. The predicted molar refractivity (Wildman–Crippen MR) is 82.7 cm³/mol. The summed E-state index contributed by atoms with van der Waals surface area (Å²) in [6, 6.07) is 7.87. The number of nitrogens with zero attached hydrogens (tertiary/aromatic N) is 1. The molecule has 0 aliphatic carbocycles. The molecule has 0 saturated heterocycles. The van der Waals surface area contributed by atoms with Gasteiger partial charge in [0.2, 0.25) is 0 Å². The molecule has 0 unspecified atom stereocenters. The second-order valence-corrected chi connectivity index (χ2v) is 5.24. The highest BCUT2D eigenvalue weighted by Gasteiger charge is 2.15. The molecule has 0 aliphatic rings. The normalized spacial score (nSPS) is 10.5. The van der Waals surface area contributed by atoms with E-state index in [4.69, 9.17) is 4.74 Å². The third kappa shape index (κ3) is 3.47. The molecule has 0 saturated carbocycles. The zero-order valence-electron chi connectivity index (χ0n) is 11.8. The molecule has 2 rings (SSSR count). The molecule has 0 N–H and O–H groups in total. The Balaban J connectivity index is 2.45. The van der Waals surface area contributed by atoms with E-state index in [0.29, 0.717) is 34.5 Å². The number of aromatic nitrogens is 1. The number of hydrogen-bond acceptors (Lipinski definition) is 3. The van der Waals surface area contributed by atoms with E-state index in [1.807, 2.05) is 6.92 Å². The molecule has 0 spiro atoms. The molecule has 1 aromatic carbocycles. The average Bonchev–Trinajstić information content (AvgIpc) is 2.47. The summed E-state index contributed by atoms with van der Waals surface area (Å²) >= 11 is 3.33. The number of pyridine rings is 1. The first-order valence-electron chi connectivity index (χ1n) is 6.69. The SMILES string of the molecule is CCOC(=O)c1ccc(-c2ccc(F)cc2Br)nc1CC. The maximum absolute atomic E-state index is 13.2. The van der Waals surface area contributed by atoms with Crippen molar-refractivity contribution in [3.63, 3.8) is 0 Å². The number of ether oxygens (including phenoxy) is 1. The lowest BCUT2D eigenvalue weighted by atomic mass is 10.1. The van der Waals surface area contributed by atoms with Crippen LogP contribution in [0.25, 0.3) is 11.3 Å². The zero-order chi connectivity index (χ0) is 15.4. The Morgan fingerprint density at radius 1 is 1.29 bits per heavy atom. The standard InChI is InChI=1S/C16H15BrFNO2/c1-3-14-12(16(20)21-4-2)7-8-15(19-14)11-6-5-10(18)9-13(11)17/h5-9H,3-4H2,1-2H3. The van der Waals surface area contributed by atoms with Gasteiger partial charge in [0, 0.05) is 10.0 Å². The van der Waals surface area contributed by atoms with Crippen LogP contribution in [-0.2, 0) is 11.2 Å². The molecule has 0 aliphatic heterocycles. The van der Waals surface area contributed by atoms with Crippen molar-refractivity contribution in [1.82, 2.24) is 4.98 Å². The summed E-state index contributed by atoms with van der Waals surface area (Å²) in [5.41, 5.74) is 2.61. The highest BCUT2D eigenvalue weighted by Crippen LogP contribution is 2.28. The Hall–Kier alpha value is -1.75. The van der Waals surface area contributed by atoms with Gasteiger partial charge in [-0.15, -0.1) is 0 Å². The van der Waals surface area contributed by atoms with E-state index < -0.39 is 0 Å². The van der Waals surface area contributed by atoms with Crippen molar-refractivity contribution < 1.29 is 13.9 Å². The van der Waals surface area contributed by atoms with Crippen molar-refractivity contribution in [2.45, 2.75) is 20.3 Å². The minimum Gasteiger partial charge on any atom is -0.462 e. The third-order valence-corrected chi connectivity index (χ3v) is 3.67. The summed E-state index contributed by atoms with van der Waals surface area (Å²) in [4.78, 5) is 16.4. The molecular formula is C16H15BrFNO2. The van der Waals surface area contributed by atoms with E-state index in [-0.39, 0.29) is 11.8 Å². The fraction of sp³-hybridized carbons (Fsp3) is 0.250. The molecule has 1 heterocycles. The van der Waals surface area contributed by atoms with Gasteiger partial charge in [0.15, 0.2) is 0 Å². The van der Waals surface area contributed by atoms with Crippen LogP contribution >= 0.6 is 15.9 Å². The molecule has 0 fully saturated rings. The van der Waals surface area contributed by atoms with Crippen molar-refractivity contribution in [2.75, 3.05) is 6.61 Å². The Kier molecular flexibility index (Phi) is 5.07. The second kappa shape index (κ2) is 6.80. The van der Waals surface area contributed by atoms with E-state index >= 15 is 0 Å². The van der Waals surface area contributed by atoms with Crippen LogP contribution in [0.4, 0.5) is 4.39 Å². The van der Waals surface area contributed by atoms with Crippen LogP contribution in [0.1, 0.15) is 29.9 Å². The molecule has 3 nitrogen and oxygen atoms in total. The van der Waals surface area contributed by atoms with Gasteiger partial charge < -0.3 is 4.74 Å². The van der Waals surface area contributed by atoms with Gasteiger partial charge in [-0.1, -0.05) is 6.92 Å². The number of rotatable bonds is 4. The highest BCUT2D eigenvalue weighted by molar-refractivity contribution is 9.10. The summed E-state index contributed by atoms with van der Waals surface area (Å²) in [6.07, 6.45) is 0.612. The van der Waals surface area contributed by atoms with Crippen molar-refractivity contribution >= 4 is 21.9 Å². The lowest BCUT2D eigenvalue weighted by molar-refractivity contribution is 0.0524. The van der Waals surface area contributed by atoms with Crippen LogP contribution in [0.2, 0.25) is 0 Å². The monoisotopic (exact) mass is 351 g/mol. The Bertz CT molecular complexity index is 673. The molecule has 0 amide bonds. The smallest absolute Gasteiger partial charge is 0.339 e. The van der Waals surface area contributed by atoms with Gasteiger partial charge in [-0.3, -0.25) is 4.98 Å². The van der Waals surface area contributed by atoms with Crippen LogP contribution in [0, 0.1) is 5.82 Å². The van der Waals surface area contributed by atoms with E-state index in [0.717, 1.165) is 5.56 Å². The Labute approximate surface area is 131 Å². The maximum atomic E-state index is 13.2. The Morgan fingerprint density at radius 3 is 2.67 bits per heavy atom. The number of aryl methyl sites for hydroxylation is 1. The van der Waals surface area contributed by atoms with Gasteiger partial charge in [-0.25, -0.2) is 9.18 Å². The topological polar surface area (TPSA) is 39.2 Å². The minimum absolute atomic E-state index is 0.315. The van der Waals surface area contributed by atoms with Crippen LogP contribution in [-0.4, -0.2) is 17.6 Å². The maximum Gasteiger partial charge on any atom is 0.339 e. The number of halogens is 2. The van der Waals surface area contributed by atoms with Crippen LogP contribution < -0.4 is 0 Å². The summed E-state index contributed by atoms with van der Waals surface area (Å²) in [7, 11) is 0. The molecule has 21 heavy (non-hydrogen) atoms. The number of hydrogen-bond donors (Lipinski definition) is 0. The minimum atomic E-state index is -0.369. The summed E-state index contributed by atoms with van der Waals surface area (Å²) in [6.45, 7) is 4.02. The first-order chi connectivity index (χ1) is 10.1. The number of benzene rings is 1. The van der Waals surface area contributed by atoms with E-state index in [1.165, 1.54) is 12.1 Å². The van der Waals surface area contributed by atoms with Gasteiger partial charge in [0.1, 0.15) is 5.82 Å². The first-order valence-corrected chi connectivity index (χ1v) is 7.48. The molecule has 5 heteroatoms. The molecule has 1 aromatic heterocycles. The average molecular weight is 352 g/mol. The lowest BCUT2D eigenvalue weighted by Gasteiger charge is -2.10. The van der Waals surface area contributed by atoms with Crippen molar-refractivity contribution in [2.24, 2.45) is 0 Å². The van der Waals surface area contributed by atoms with Crippen molar-refractivity contribution in [3.8, 4) is 11.3 Å². The third-order valence-electron chi connectivity index (χ3n) is 3.01. The van der Waals surface area contributed by atoms with Crippen molar-refractivity contribution in [3.05, 3.63) is 51.9 Å². The predicted octanol–water partition coefficient (Wildman–Crippen LogP) is 4.39. The van der Waals surface area contributed by atoms with E-state index in [9.17, 15) is 9.18 Å². The van der Waals surface area contributed by atoms with Crippen molar-refractivity contribution in [1.29, 1.82) is 0 Å². The fourth-order valence-corrected chi connectivity index (χ4v) is 2.57. The molecular weight excluding hydrogens is 337 g/mol. The fourth-order valence-electron chi connectivity index (χ4n) is 2.01. The zero-order valence-corrected chi connectivity index (χ0v) is 13.4. The lowest BCUT2D eigenvalue weighted by Crippen LogP contribution is -2.09.